The molecule has 1 aromatic rings. The van der Waals surface area contributed by atoms with Gasteiger partial charge in [-0.1, -0.05) is 23.2 Å². The highest BCUT2D eigenvalue weighted by atomic mass is 35.5. The van der Waals surface area contributed by atoms with Crippen molar-refractivity contribution in [2.24, 2.45) is 0 Å². The van der Waals surface area contributed by atoms with E-state index in [4.69, 9.17) is 37.8 Å². The molecular formula is C18H16Cl2N2O7S. The number of morpholine rings is 1. The molecule has 0 spiro atoms. The molecule has 160 valence electrons. The van der Waals surface area contributed by atoms with Crippen molar-refractivity contribution in [2.45, 2.75) is 0 Å². The predicted molar refractivity (Wildman–Crippen MR) is 110 cm³/mol. The zero-order chi connectivity index (χ0) is 21.8. The predicted octanol–water partition coefficient (Wildman–Crippen LogP) is 2.35. The van der Waals surface area contributed by atoms with Gasteiger partial charge in [-0.25, -0.2) is 4.79 Å². The van der Waals surface area contributed by atoms with Crippen LogP contribution in [0.2, 0.25) is 10.0 Å². The Kier molecular flexibility index (Phi) is 7.24. The van der Waals surface area contributed by atoms with E-state index in [2.05, 4.69) is 0 Å². The van der Waals surface area contributed by atoms with E-state index >= 15 is 0 Å². The molecule has 3 amide bonds. The van der Waals surface area contributed by atoms with Gasteiger partial charge in [0.25, 0.3) is 11.1 Å². The number of hydrogen-bond acceptors (Lipinski definition) is 7. The van der Waals surface area contributed by atoms with Gasteiger partial charge in [-0.05, 0) is 35.5 Å². The van der Waals surface area contributed by atoms with Crippen molar-refractivity contribution >= 4 is 64.1 Å². The molecule has 9 nitrogen and oxygen atoms in total. The topological polar surface area (TPSA) is 113 Å². The van der Waals surface area contributed by atoms with Crippen LogP contribution in [0, 0.1) is 0 Å². The van der Waals surface area contributed by atoms with E-state index in [0.717, 1.165) is 4.90 Å². The van der Waals surface area contributed by atoms with E-state index in [1.165, 1.54) is 18.2 Å². The third-order valence-corrected chi connectivity index (χ3v) is 5.66. The summed E-state index contributed by atoms with van der Waals surface area (Å²) in [5.41, 5.74) is 0.415. The second-order valence-electron chi connectivity index (χ2n) is 6.26. The molecule has 2 saturated heterocycles. The quantitative estimate of drug-likeness (QED) is 0.624. The van der Waals surface area contributed by atoms with Crippen LogP contribution >= 0.6 is 35.0 Å². The van der Waals surface area contributed by atoms with E-state index in [0.29, 0.717) is 43.6 Å². The van der Waals surface area contributed by atoms with Crippen LogP contribution in [-0.2, 0) is 19.1 Å². The molecule has 0 radical (unpaired) electrons. The molecule has 1 aromatic carbocycles. The number of carboxylic acid groups (broad SMARTS) is 1. The van der Waals surface area contributed by atoms with Gasteiger partial charge in [-0.2, -0.15) is 0 Å². The van der Waals surface area contributed by atoms with E-state index < -0.39 is 23.7 Å². The van der Waals surface area contributed by atoms with Crippen molar-refractivity contribution < 1.29 is 33.8 Å². The summed E-state index contributed by atoms with van der Waals surface area (Å²) in [6.07, 6.45) is 1.42. The number of amides is 3. The molecule has 2 aliphatic rings. The lowest BCUT2D eigenvalue weighted by atomic mass is 10.2. The molecule has 0 unspecified atom stereocenters. The smallest absolute Gasteiger partial charge is 0.341 e. The van der Waals surface area contributed by atoms with Gasteiger partial charge >= 0.3 is 5.97 Å². The fourth-order valence-corrected chi connectivity index (χ4v) is 4.22. The summed E-state index contributed by atoms with van der Waals surface area (Å²) < 4.78 is 10.2. The van der Waals surface area contributed by atoms with Crippen molar-refractivity contribution in [2.75, 3.05) is 39.5 Å². The van der Waals surface area contributed by atoms with Crippen LogP contribution in [0.15, 0.2) is 17.0 Å². The number of carboxylic acids is 1. The molecule has 2 aliphatic heterocycles. The van der Waals surface area contributed by atoms with Gasteiger partial charge in [-0.3, -0.25) is 19.3 Å². The number of nitrogens with zero attached hydrogens (tertiary/aromatic N) is 2. The maximum atomic E-state index is 12.6. The van der Waals surface area contributed by atoms with Crippen molar-refractivity contribution in [1.82, 2.24) is 9.80 Å². The summed E-state index contributed by atoms with van der Waals surface area (Å²) >= 11 is 12.9. The highest BCUT2D eigenvalue weighted by Crippen LogP contribution is 2.37. The fourth-order valence-electron chi connectivity index (χ4n) is 2.77. The van der Waals surface area contributed by atoms with Crippen LogP contribution in [0.3, 0.4) is 0 Å². The third-order valence-electron chi connectivity index (χ3n) is 4.19. The SMILES string of the molecule is O=C(O)COc1c(Cl)cc(/C=C2/SC(=O)N(CC(=O)N3CCOCC3)C2=O)cc1Cl. The van der Waals surface area contributed by atoms with E-state index in [-0.39, 0.29) is 33.2 Å². The minimum atomic E-state index is -1.19. The molecule has 0 aromatic heterocycles. The molecule has 2 fully saturated rings. The Morgan fingerprint density at radius 1 is 1.20 bits per heavy atom. The molecule has 3 rings (SSSR count). The Morgan fingerprint density at radius 2 is 1.83 bits per heavy atom. The summed E-state index contributed by atoms with van der Waals surface area (Å²) in [7, 11) is 0. The van der Waals surface area contributed by atoms with Crippen molar-refractivity contribution in [3.63, 3.8) is 0 Å². The van der Waals surface area contributed by atoms with Crippen molar-refractivity contribution in [3.8, 4) is 5.75 Å². The normalized spacial score (nSPS) is 18.3. The molecule has 0 atom stereocenters. The number of rotatable bonds is 6. The van der Waals surface area contributed by atoms with Crippen LogP contribution in [-0.4, -0.2) is 77.4 Å². The van der Waals surface area contributed by atoms with Gasteiger partial charge in [0.15, 0.2) is 12.4 Å². The monoisotopic (exact) mass is 474 g/mol. The Morgan fingerprint density at radius 3 is 2.43 bits per heavy atom. The lowest BCUT2D eigenvalue weighted by Gasteiger charge is -2.28. The largest absolute Gasteiger partial charge is 0.479 e. The third kappa shape index (κ3) is 5.25. The number of thioether (sulfide) groups is 1. The minimum Gasteiger partial charge on any atom is -0.479 e. The zero-order valence-electron chi connectivity index (χ0n) is 15.4. The number of halogens is 2. The molecule has 0 bridgehead atoms. The number of benzene rings is 1. The number of carbonyl (C=O) groups is 4. The summed E-state index contributed by atoms with van der Waals surface area (Å²) in [5.74, 6) is -2.11. The van der Waals surface area contributed by atoms with Crippen LogP contribution < -0.4 is 4.74 Å². The molecule has 0 aliphatic carbocycles. The van der Waals surface area contributed by atoms with Gasteiger partial charge in [0, 0.05) is 13.1 Å². The van der Waals surface area contributed by atoms with Crippen LogP contribution in [0.4, 0.5) is 4.79 Å². The number of hydrogen-bond donors (Lipinski definition) is 1. The lowest BCUT2D eigenvalue weighted by molar-refractivity contribution is -0.139. The van der Waals surface area contributed by atoms with Crippen LogP contribution in [0.5, 0.6) is 5.75 Å². The van der Waals surface area contributed by atoms with Crippen LogP contribution in [0.1, 0.15) is 5.56 Å². The Bertz CT molecular complexity index is 908. The Hall–Kier alpha value is -2.27. The summed E-state index contributed by atoms with van der Waals surface area (Å²) in [6.45, 7) is 0.708. The second kappa shape index (κ2) is 9.69. The molecule has 0 saturated carbocycles. The van der Waals surface area contributed by atoms with E-state index in [1.807, 2.05) is 0 Å². The number of imide groups is 1. The Balaban J connectivity index is 1.73. The molecular weight excluding hydrogens is 459 g/mol. The first-order valence-electron chi connectivity index (χ1n) is 8.71. The number of aliphatic carboxylic acids is 1. The minimum absolute atomic E-state index is 0.00194. The summed E-state index contributed by atoms with van der Waals surface area (Å²) in [5, 5.41) is 8.25. The average molecular weight is 475 g/mol. The van der Waals surface area contributed by atoms with Gasteiger partial charge in [0.1, 0.15) is 6.54 Å². The van der Waals surface area contributed by atoms with Gasteiger partial charge in [0.05, 0.1) is 28.2 Å². The average Bonchev–Trinajstić information content (AvgIpc) is 2.95. The molecule has 1 N–H and O–H groups in total. The highest BCUT2D eigenvalue weighted by molar-refractivity contribution is 8.18. The fraction of sp³-hybridized carbons (Fsp3) is 0.333. The number of carbonyl (C=O) groups excluding carboxylic acids is 3. The first kappa shape index (κ1) is 22.4. The van der Waals surface area contributed by atoms with Gasteiger partial charge < -0.3 is 19.5 Å². The van der Waals surface area contributed by atoms with E-state index in [9.17, 15) is 19.2 Å². The summed E-state index contributed by atoms with van der Waals surface area (Å²) in [6, 6.07) is 2.86. The summed E-state index contributed by atoms with van der Waals surface area (Å²) in [4.78, 5) is 50.4. The molecule has 30 heavy (non-hydrogen) atoms. The van der Waals surface area contributed by atoms with Crippen LogP contribution in [0.25, 0.3) is 6.08 Å². The maximum absolute atomic E-state index is 12.6. The lowest BCUT2D eigenvalue weighted by Crippen LogP contribution is -2.46. The standard InChI is InChI=1S/C18H16Cl2N2O7S/c19-11-5-10(6-12(20)16(11)29-9-15(24)25)7-13-17(26)22(18(27)30-13)8-14(23)21-1-3-28-4-2-21/h5-7H,1-4,8-9H2,(H,24,25)/b13-7+. The molecule has 2 heterocycles. The first-order chi connectivity index (χ1) is 14.3. The zero-order valence-corrected chi connectivity index (χ0v) is 17.8. The van der Waals surface area contributed by atoms with Gasteiger partial charge in [-0.15, -0.1) is 0 Å². The van der Waals surface area contributed by atoms with Crippen molar-refractivity contribution in [1.29, 1.82) is 0 Å². The van der Waals surface area contributed by atoms with E-state index in [1.54, 1.807) is 4.90 Å². The number of ether oxygens (including phenoxy) is 2. The second-order valence-corrected chi connectivity index (χ2v) is 8.06. The van der Waals surface area contributed by atoms with Crippen molar-refractivity contribution in [3.05, 3.63) is 32.6 Å². The molecule has 12 heteroatoms. The Labute approximate surface area is 185 Å². The van der Waals surface area contributed by atoms with Gasteiger partial charge in [0.2, 0.25) is 5.91 Å². The maximum Gasteiger partial charge on any atom is 0.341 e. The highest BCUT2D eigenvalue weighted by Gasteiger charge is 2.37. The first-order valence-corrected chi connectivity index (χ1v) is 10.3.